The van der Waals surface area contributed by atoms with E-state index in [2.05, 4.69) is 10.6 Å². The lowest BCUT2D eigenvalue weighted by Gasteiger charge is -2.48. The van der Waals surface area contributed by atoms with Gasteiger partial charge in [-0.05, 0) is 38.5 Å². The summed E-state index contributed by atoms with van der Waals surface area (Å²) in [6, 6.07) is 0.440. The summed E-state index contributed by atoms with van der Waals surface area (Å²) in [4.78, 5) is 59.7. The van der Waals surface area contributed by atoms with Gasteiger partial charge in [0.15, 0.2) is 0 Å². The lowest BCUT2D eigenvalue weighted by molar-refractivity contribution is -0.139. The average Bonchev–Trinajstić information content (AvgIpc) is 3.56. The molecule has 3 aliphatic heterocycles. The van der Waals surface area contributed by atoms with Crippen LogP contribution >= 0.6 is 11.8 Å². The third kappa shape index (κ3) is 8.20. The number of aliphatic carboxylic acids is 1. The number of hydrogen-bond acceptors (Lipinski definition) is 7. The lowest BCUT2D eigenvalue weighted by atomic mass is 9.77. The number of nitrogens with two attached hydrogens (primary N) is 1. The third-order valence-corrected chi connectivity index (χ3v) is 9.66. The molecule has 2 saturated heterocycles. The molecule has 0 aromatic rings. The van der Waals surface area contributed by atoms with Gasteiger partial charge in [0.05, 0.1) is 18.2 Å². The number of carboxylic acid groups (broad SMARTS) is 1. The summed E-state index contributed by atoms with van der Waals surface area (Å²) < 4.78 is 0. The van der Waals surface area contributed by atoms with Crippen molar-refractivity contribution in [1.29, 1.82) is 0 Å². The molecule has 12 heteroatoms. The summed E-state index contributed by atoms with van der Waals surface area (Å²) in [5.74, 6) is -0.298. The molecule has 1 unspecified atom stereocenters. The van der Waals surface area contributed by atoms with E-state index in [0.29, 0.717) is 18.2 Å². The standard InChI is InChI=1S/C17H27N3O3.C10H16N2O3S/c1-2-6-14(18)20(13-21)17(9-4-3-5-10-17)11-12-19-15(22)7-8-16(19)23;13-8(14)4-2-1-3-7-9-6(5-16-7)11-10(15)12-9/h7-8,13-14H,2-6,9-12,18H2,1H3;6-7,9H,1-5H2,(H,13,14)(H2,11,12,15)/t;6-,7-,9-/m.0/s1. The first kappa shape index (κ1) is 30.9. The largest absolute Gasteiger partial charge is 0.481 e. The van der Waals surface area contributed by atoms with Gasteiger partial charge in [-0.3, -0.25) is 24.1 Å². The molecular weight excluding hydrogens is 522 g/mol. The quantitative estimate of drug-likeness (QED) is 0.0870. The highest BCUT2D eigenvalue weighted by molar-refractivity contribution is 8.00. The van der Waals surface area contributed by atoms with Crippen LogP contribution < -0.4 is 16.4 Å². The smallest absolute Gasteiger partial charge is 0.315 e. The summed E-state index contributed by atoms with van der Waals surface area (Å²) in [6.45, 7) is 2.39. The van der Waals surface area contributed by atoms with Crippen LogP contribution in [0, 0.1) is 0 Å². The van der Waals surface area contributed by atoms with Crippen LogP contribution in [0.3, 0.4) is 0 Å². The molecular formula is C27H43N5O6S. The first-order valence-electron chi connectivity index (χ1n) is 14.1. The number of unbranched alkanes of at least 4 members (excludes halogenated alkanes) is 1. The number of thioether (sulfide) groups is 1. The SMILES string of the molecule is CCCC(N)N(C=O)C1(CCN2C(=O)C=CC2=O)CCCCC1.O=C(O)CCCC[C@@H]1SC[C@@H]2NC(=O)N[C@@H]21. The highest BCUT2D eigenvalue weighted by Crippen LogP contribution is 2.37. The van der Waals surface area contributed by atoms with Crippen LogP contribution in [-0.4, -0.2) is 86.5 Å². The Balaban J connectivity index is 0.000000230. The van der Waals surface area contributed by atoms with Gasteiger partial charge < -0.3 is 26.4 Å². The minimum absolute atomic E-state index is 0.0640. The van der Waals surface area contributed by atoms with Crippen LogP contribution in [0.15, 0.2) is 12.2 Å². The summed E-state index contributed by atoms with van der Waals surface area (Å²) in [6.07, 6.45) is 13.3. The fourth-order valence-electron chi connectivity index (χ4n) is 6.06. The predicted molar refractivity (Wildman–Crippen MR) is 149 cm³/mol. The molecule has 0 spiro atoms. The topological polar surface area (TPSA) is 162 Å². The van der Waals surface area contributed by atoms with Gasteiger partial charge in [0, 0.05) is 41.7 Å². The van der Waals surface area contributed by atoms with E-state index in [1.165, 1.54) is 17.1 Å². The molecule has 1 aliphatic carbocycles. The maximum atomic E-state index is 11.7. The van der Waals surface area contributed by atoms with Crippen molar-refractivity contribution in [2.75, 3.05) is 12.3 Å². The first-order chi connectivity index (χ1) is 18.7. The number of urea groups is 1. The molecule has 4 atom stereocenters. The van der Waals surface area contributed by atoms with E-state index in [1.807, 2.05) is 18.7 Å². The van der Waals surface area contributed by atoms with Crippen molar-refractivity contribution < 1.29 is 29.1 Å². The second-order valence-electron chi connectivity index (χ2n) is 10.8. The molecule has 3 heterocycles. The molecule has 0 aromatic heterocycles. The number of imide groups is 1. The second kappa shape index (κ2) is 14.7. The van der Waals surface area contributed by atoms with Crippen molar-refractivity contribution in [3.63, 3.8) is 0 Å². The Morgan fingerprint density at radius 3 is 2.51 bits per heavy atom. The maximum Gasteiger partial charge on any atom is 0.315 e. The number of carbonyl (C=O) groups is 5. The molecule has 39 heavy (non-hydrogen) atoms. The molecule has 5 amide bonds. The lowest BCUT2D eigenvalue weighted by Crippen LogP contribution is -2.58. The van der Waals surface area contributed by atoms with Gasteiger partial charge in [0.1, 0.15) is 0 Å². The fourth-order valence-corrected chi connectivity index (χ4v) is 7.60. The summed E-state index contributed by atoms with van der Waals surface area (Å²) in [5.41, 5.74) is 5.89. The minimum atomic E-state index is -0.729. The van der Waals surface area contributed by atoms with Crippen molar-refractivity contribution in [3.8, 4) is 0 Å². The monoisotopic (exact) mass is 565 g/mol. The molecule has 0 bridgehead atoms. The molecule has 4 aliphatic rings. The van der Waals surface area contributed by atoms with Crippen LogP contribution in [0.25, 0.3) is 0 Å². The molecule has 5 N–H and O–H groups in total. The number of rotatable bonds is 13. The average molecular weight is 566 g/mol. The third-order valence-electron chi connectivity index (χ3n) is 8.16. The van der Waals surface area contributed by atoms with Gasteiger partial charge in [-0.2, -0.15) is 11.8 Å². The van der Waals surface area contributed by atoms with Crippen LogP contribution in [0.2, 0.25) is 0 Å². The molecule has 0 radical (unpaired) electrons. The summed E-state index contributed by atoms with van der Waals surface area (Å²) in [5, 5.41) is 14.8. The molecule has 3 fully saturated rings. The van der Waals surface area contributed by atoms with Crippen molar-refractivity contribution >= 4 is 42.0 Å². The number of carboxylic acids is 1. The van der Waals surface area contributed by atoms with Crippen LogP contribution in [0.5, 0.6) is 0 Å². The number of nitrogens with zero attached hydrogens (tertiary/aromatic N) is 2. The van der Waals surface area contributed by atoms with E-state index in [1.54, 1.807) is 4.90 Å². The minimum Gasteiger partial charge on any atom is -0.481 e. The van der Waals surface area contributed by atoms with Gasteiger partial charge >= 0.3 is 12.0 Å². The van der Waals surface area contributed by atoms with Gasteiger partial charge in [0.25, 0.3) is 11.8 Å². The summed E-state index contributed by atoms with van der Waals surface area (Å²) in [7, 11) is 0. The Morgan fingerprint density at radius 2 is 1.90 bits per heavy atom. The van der Waals surface area contributed by atoms with Crippen LogP contribution in [0.1, 0.15) is 84.0 Å². The van der Waals surface area contributed by atoms with Gasteiger partial charge in [0.2, 0.25) is 6.41 Å². The van der Waals surface area contributed by atoms with Crippen molar-refractivity contribution in [3.05, 3.63) is 12.2 Å². The van der Waals surface area contributed by atoms with Gasteiger partial charge in [-0.15, -0.1) is 0 Å². The molecule has 218 valence electrons. The Labute approximate surface area is 234 Å². The fraction of sp³-hybridized carbons (Fsp3) is 0.741. The Kier molecular flexibility index (Phi) is 11.7. The second-order valence-corrected chi connectivity index (χ2v) is 12.1. The first-order valence-corrected chi connectivity index (χ1v) is 15.2. The van der Waals surface area contributed by atoms with E-state index < -0.39 is 5.97 Å². The number of nitrogens with one attached hydrogen (secondary N) is 2. The Morgan fingerprint density at radius 1 is 1.21 bits per heavy atom. The Hall–Kier alpha value is -2.60. The highest BCUT2D eigenvalue weighted by Gasteiger charge is 2.43. The van der Waals surface area contributed by atoms with Crippen molar-refractivity contribution in [1.82, 2.24) is 20.4 Å². The molecule has 0 aromatic carbocycles. The van der Waals surface area contributed by atoms with E-state index in [9.17, 15) is 24.0 Å². The van der Waals surface area contributed by atoms with Crippen molar-refractivity contribution in [2.24, 2.45) is 5.73 Å². The van der Waals surface area contributed by atoms with E-state index in [4.69, 9.17) is 10.8 Å². The number of fused-ring (bicyclic) bond motifs is 1. The van der Waals surface area contributed by atoms with Gasteiger partial charge in [-0.25, -0.2) is 4.79 Å². The zero-order valence-corrected chi connectivity index (χ0v) is 23.6. The number of hydrogen-bond donors (Lipinski definition) is 4. The zero-order valence-electron chi connectivity index (χ0n) is 22.8. The van der Waals surface area contributed by atoms with E-state index >= 15 is 0 Å². The molecule has 11 nitrogen and oxygen atoms in total. The van der Waals surface area contributed by atoms with E-state index in [-0.39, 0.29) is 48.1 Å². The van der Waals surface area contributed by atoms with Crippen LogP contribution in [-0.2, 0) is 19.2 Å². The zero-order chi connectivity index (χ0) is 28.4. The predicted octanol–water partition coefficient (Wildman–Crippen LogP) is 2.34. The maximum absolute atomic E-state index is 11.7. The molecule has 4 rings (SSSR count). The highest BCUT2D eigenvalue weighted by atomic mass is 32.2. The van der Waals surface area contributed by atoms with Gasteiger partial charge in [-0.1, -0.05) is 39.0 Å². The van der Waals surface area contributed by atoms with E-state index in [0.717, 1.165) is 76.4 Å². The number of amides is 5. The van der Waals surface area contributed by atoms with Crippen molar-refractivity contribution in [2.45, 2.75) is 113 Å². The van der Waals surface area contributed by atoms with Crippen LogP contribution in [0.4, 0.5) is 4.79 Å². The molecule has 1 saturated carbocycles. The summed E-state index contributed by atoms with van der Waals surface area (Å²) >= 11 is 1.87. The number of carbonyl (C=O) groups excluding carboxylic acids is 4. The Bertz CT molecular complexity index is 906. The normalized spacial score (nSPS) is 25.8.